The molecular weight excluding hydrogens is 202 g/mol. The minimum atomic E-state index is -3.12. The first-order chi connectivity index (χ1) is 6.19. The van der Waals surface area contributed by atoms with Gasteiger partial charge in [0.1, 0.15) is 0 Å². The fourth-order valence-corrected chi connectivity index (χ4v) is 1.52. The van der Waals surface area contributed by atoms with E-state index in [1.54, 1.807) is 6.92 Å². The summed E-state index contributed by atoms with van der Waals surface area (Å²) in [4.78, 5) is 0. The zero-order valence-electron chi connectivity index (χ0n) is 9.37. The molecule has 0 aliphatic carbocycles. The Hall–Kier alpha value is -0.130. The van der Waals surface area contributed by atoms with Crippen LogP contribution in [0.2, 0.25) is 0 Å². The smallest absolute Gasteiger partial charge is 0.211 e. The number of aliphatic hydroxyl groups excluding tert-OH is 1. The summed E-state index contributed by atoms with van der Waals surface area (Å²) in [7, 11) is -3.12. The van der Waals surface area contributed by atoms with E-state index in [4.69, 9.17) is 0 Å². The molecule has 0 saturated carbocycles. The quantitative estimate of drug-likeness (QED) is 0.722. The van der Waals surface area contributed by atoms with Crippen molar-refractivity contribution in [2.45, 2.75) is 40.2 Å². The minimum Gasteiger partial charge on any atom is -0.393 e. The predicted octanol–water partition coefficient (Wildman–Crippen LogP) is 0.723. The fraction of sp³-hybridized carbons (Fsp3) is 1.00. The molecule has 0 spiro atoms. The molecule has 0 amide bonds. The zero-order valence-corrected chi connectivity index (χ0v) is 10.2. The van der Waals surface area contributed by atoms with E-state index in [1.165, 1.54) is 0 Å². The first kappa shape index (κ1) is 13.9. The van der Waals surface area contributed by atoms with Crippen molar-refractivity contribution in [1.82, 2.24) is 4.72 Å². The van der Waals surface area contributed by atoms with Crippen molar-refractivity contribution < 1.29 is 13.5 Å². The summed E-state index contributed by atoms with van der Waals surface area (Å²) >= 11 is 0. The lowest BCUT2D eigenvalue weighted by atomic mass is 9.87. The van der Waals surface area contributed by atoms with E-state index in [0.717, 1.165) is 0 Å². The minimum absolute atomic E-state index is 0.0820. The standard InChI is InChI=1S/C9H21NO3S/c1-5-14(12,13)10-7-6-8(11)9(2,3)4/h8,10-11H,5-7H2,1-4H3. The molecule has 0 aliphatic rings. The second-order valence-corrected chi connectivity index (χ2v) is 6.56. The average molecular weight is 223 g/mol. The van der Waals surface area contributed by atoms with Crippen LogP contribution in [0.25, 0.3) is 0 Å². The summed E-state index contributed by atoms with van der Waals surface area (Å²) in [5, 5.41) is 9.62. The Morgan fingerprint density at radius 1 is 1.36 bits per heavy atom. The summed E-state index contributed by atoms with van der Waals surface area (Å²) in [5.74, 6) is 0.0820. The van der Waals surface area contributed by atoms with E-state index in [1.807, 2.05) is 20.8 Å². The van der Waals surface area contributed by atoms with Crippen LogP contribution in [0.15, 0.2) is 0 Å². The molecule has 14 heavy (non-hydrogen) atoms. The first-order valence-electron chi connectivity index (χ1n) is 4.84. The van der Waals surface area contributed by atoms with Gasteiger partial charge in [-0.05, 0) is 18.8 Å². The second kappa shape index (κ2) is 5.09. The molecule has 4 nitrogen and oxygen atoms in total. The Morgan fingerprint density at radius 2 is 1.86 bits per heavy atom. The lowest BCUT2D eigenvalue weighted by Crippen LogP contribution is -2.33. The van der Waals surface area contributed by atoms with Crippen LogP contribution in [-0.4, -0.2) is 31.9 Å². The van der Waals surface area contributed by atoms with Crippen LogP contribution in [0.3, 0.4) is 0 Å². The molecule has 0 rings (SSSR count). The molecule has 1 unspecified atom stereocenters. The van der Waals surface area contributed by atoms with Gasteiger partial charge in [-0.25, -0.2) is 13.1 Å². The third-order valence-corrected chi connectivity index (χ3v) is 3.52. The van der Waals surface area contributed by atoms with Crippen molar-refractivity contribution in [1.29, 1.82) is 0 Å². The SMILES string of the molecule is CCS(=O)(=O)NCCC(O)C(C)(C)C. The van der Waals surface area contributed by atoms with Gasteiger partial charge in [0, 0.05) is 6.54 Å². The van der Waals surface area contributed by atoms with Gasteiger partial charge < -0.3 is 5.11 Å². The fourth-order valence-electron chi connectivity index (χ4n) is 0.886. The highest BCUT2D eigenvalue weighted by Crippen LogP contribution is 2.20. The van der Waals surface area contributed by atoms with Crippen LogP contribution in [0.1, 0.15) is 34.1 Å². The Morgan fingerprint density at radius 3 is 2.21 bits per heavy atom. The molecule has 0 fully saturated rings. The molecule has 0 saturated heterocycles. The van der Waals surface area contributed by atoms with Crippen LogP contribution in [0.5, 0.6) is 0 Å². The highest BCUT2D eigenvalue weighted by molar-refractivity contribution is 7.89. The van der Waals surface area contributed by atoms with E-state index in [2.05, 4.69) is 4.72 Å². The van der Waals surface area contributed by atoms with Gasteiger partial charge in [-0.3, -0.25) is 0 Å². The van der Waals surface area contributed by atoms with Crippen molar-refractivity contribution in [2.24, 2.45) is 5.41 Å². The Kier molecular flexibility index (Phi) is 5.05. The van der Waals surface area contributed by atoms with Gasteiger partial charge in [-0.15, -0.1) is 0 Å². The zero-order chi connectivity index (χ0) is 11.4. The van der Waals surface area contributed by atoms with E-state index < -0.39 is 16.1 Å². The number of sulfonamides is 1. The number of hydrogen-bond donors (Lipinski definition) is 2. The van der Waals surface area contributed by atoms with Crippen molar-refractivity contribution in [3.63, 3.8) is 0 Å². The van der Waals surface area contributed by atoms with E-state index in [-0.39, 0.29) is 11.2 Å². The summed E-state index contributed by atoms with van der Waals surface area (Å²) in [5.41, 5.74) is -0.197. The number of nitrogens with one attached hydrogen (secondary N) is 1. The highest BCUT2D eigenvalue weighted by Gasteiger charge is 2.21. The molecule has 0 aromatic heterocycles. The van der Waals surface area contributed by atoms with Crippen LogP contribution >= 0.6 is 0 Å². The molecule has 0 radical (unpaired) electrons. The van der Waals surface area contributed by atoms with E-state index >= 15 is 0 Å². The third kappa shape index (κ3) is 5.57. The second-order valence-electron chi connectivity index (χ2n) is 4.47. The maximum atomic E-state index is 11.0. The van der Waals surface area contributed by atoms with Gasteiger partial charge in [-0.1, -0.05) is 20.8 Å². The van der Waals surface area contributed by atoms with Crippen molar-refractivity contribution >= 4 is 10.0 Å². The first-order valence-corrected chi connectivity index (χ1v) is 6.49. The Labute approximate surface area is 86.8 Å². The van der Waals surface area contributed by atoms with Crippen LogP contribution in [-0.2, 0) is 10.0 Å². The molecule has 0 bridgehead atoms. The van der Waals surface area contributed by atoms with Gasteiger partial charge >= 0.3 is 0 Å². The molecule has 0 aromatic carbocycles. The molecule has 2 N–H and O–H groups in total. The number of aliphatic hydroxyl groups is 1. The van der Waals surface area contributed by atoms with Crippen molar-refractivity contribution in [2.75, 3.05) is 12.3 Å². The monoisotopic (exact) mass is 223 g/mol. The van der Waals surface area contributed by atoms with Crippen LogP contribution < -0.4 is 4.72 Å². The summed E-state index contributed by atoms with van der Waals surface area (Å²) in [6.45, 7) is 7.65. The molecule has 86 valence electrons. The summed E-state index contributed by atoms with van der Waals surface area (Å²) < 4.78 is 24.5. The van der Waals surface area contributed by atoms with Gasteiger partial charge in [0.2, 0.25) is 10.0 Å². The lowest BCUT2D eigenvalue weighted by molar-refractivity contribution is 0.0571. The third-order valence-electron chi connectivity index (χ3n) is 2.12. The van der Waals surface area contributed by atoms with Crippen molar-refractivity contribution in [3.8, 4) is 0 Å². The number of rotatable bonds is 5. The average Bonchev–Trinajstić information content (AvgIpc) is 2.02. The van der Waals surface area contributed by atoms with Crippen LogP contribution in [0.4, 0.5) is 0 Å². The summed E-state index contributed by atoms with van der Waals surface area (Å²) in [6.07, 6.45) is -0.0371. The molecular formula is C9H21NO3S. The normalized spacial score (nSPS) is 15.5. The van der Waals surface area contributed by atoms with E-state index in [0.29, 0.717) is 13.0 Å². The van der Waals surface area contributed by atoms with Gasteiger partial charge in [0.05, 0.1) is 11.9 Å². The van der Waals surface area contributed by atoms with Gasteiger partial charge in [0.15, 0.2) is 0 Å². The maximum absolute atomic E-state index is 11.0. The van der Waals surface area contributed by atoms with Crippen LogP contribution in [0, 0.1) is 5.41 Å². The molecule has 5 heteroatoms. The Balaban J connectivity index is 3.87. The lowest BCUT2D eigenvalue weighted by Gasteiger charge is -2.25. The topological polar surface area (TPSA) is 66.4 Å². The Bertz CT molecular complexity index is 254. The predicted molar refractivity (Wildman–Crippen MR) is 57.5 cm³/mol. The highest BCUT2D eigenvalue weighted by atomic mass is 32.2. The molecule has 0 aliphatic heterocycles. The number of hydrogen-bond acceptors (Lipinski definition) is 3. The van der Waals surface area contributed by atoms with Gasteiger partial charge in [-0.2, -0.15) is 0 Å². The van der Waals surface area contributed by atoms with Crippen molar-refractivity contribution in [3.05, 3.63) is 0 Å². The molecule has 0 heterocycles. The maximum Gasteiger partial charge on any atom is 0.211 e. The largest absolute Gasteiger partial charge is 0.393 e. The van der Waals surface area contributed by atoms with Gasteiger partial charge in [0.25, 0.3) is 0 Å². The summed E-state index contributed by atoms with van der Waals surface area (Å²) in [6, 6.07) is 0. The molecule has 0 aromatic rings. The molecule has 1 atom stereocenters. The van der Waals surface area contributed by atoms with E-state index in [9.17, 15) is 13.5 Å².